The van der Waals surface area contributed by atoms with Crippen molar-refractivity contribution >= 4 is 40.8 Å². The van der Waals surface area contributed by atoms with Crippen molar-refractivity contribution in [1.29, 1.82) is 0 Å². The van der Waals surface area contributed by atoms with E-state index in [0.717, 1.165) is 31.3 Å². The van der Waals surface area contributed by atoms with Gasteiger partial charge in [-0.05, 0) is 41.8 Å². The molecule has 3 aromatic rings. The van der Waals surface area contributed by atoms with Crippen LogP contribution in [0, 0.1) is 0 Å². The number of ether oxygens (including phenoxy) is 2. The second-order valence-electron chi connectivity index (χ2n) is 6.38. The molecule has 0 bridgehead atoms. The van der Waals surface area contributed by atoms with Crippen LogP contribution in [0.3, 0.4) is 0 Å². The lowest BCUT2D eigenvalue weighted by atomic mass is 10.1. The maximum absolute atomic E-state index is 12.2. The van der Waals surface area contributed by atoms with Gasteiger partial charge in [-0.1, -0.05) is 59.1 Å². The molecule has 0 saturated carbocycles. The fourth-order valence-corrected chi connectivity index (χ4v) is 5.35. The van der Waals surface area contributed by atoms with Gasteiger partial charge in [-0.15, -0.1) is 10.2 Å². The minimum Gasteiger partial charge on any atom is -0.497 e. The molecule has 170 valence electrons. The van der Waals surface area contributed by atoms with Gasteiger partial charge in [-0.2, -0.15) is 8.78 Å². The first kappa shape index (κ1) is 24.3. The highest BCUT2D eigenvalue weighted by atomic mass is 32.2. The zero-order chi connectivity index (χ0) is 22.8. The Morgan fingerprint density at radius 1 is 1.00 bits per heavy atom. The highest BCUT2D eigenvalue weighted by Gasteiger charge is 2.09. The quantitative estimate of drug-likeness (QED) is 0.357. The number of rotatable bonds is 12. The third-order valence-corrected chi connectivity index (χ3v) is 7.38. The van der Waals surface area contributed by atoms with Crippen LogP contribution < -0.4 is 14.8 Å². The average Bonchev–Trinajstić information content (AvgIpc) is 3.25. The van der Waals surface area contributed by atoms with Crippen molar-refractivity contribution in [3.8, 4) is 11.5 Å². The molecular formula is C21H21F2N3O3S3. The number of carbonyl (C=O) groups excluding carboxylic acids is 1. The third kappa shape index (κ3) is 8.29. The van der Waals surface area contributed by atoms with E-state index in [2.05, 4.69) is 20.3 Å². The molecular weight excluding hydrogens is 476 g/mol. The summed E-state index contributed by atoms with van der Waals surface area (Å²) in [5, 5.41) is 11.1. The van der Waals surface area contributed by atoms with Crippen molar-refractivity contribution in [2.45, 2.75) is 27.5 Å². The van der Waals surface area contributed by atoms with Crippen molar-refractivity contribution in [1.82, 2.24) is 15.5 Å². The van der Waals surface area contributed by atoms with E-state index in [1.807, 2.05) is 24.3 Å². The van der Waals surface area contributed by atoms with Gasteiger partial charge in [0.25, 0.3) is 0 Å². The standard InChI is InChI=1S/C21H21F2N3O3S3/c1-28-16-6-4-15(5-7-16)12-30-20-25-26-21(32-20)31-13-18(27)24-11-10-14-2-8-17(9-3-14)29-19(22)23/h2-9,19H,10-13H2,1H3,(H,24,27). The molecule has 2 aromatic carbocycles. The van der Waals surface area contributed by atoms with Gasteiger partial charge >= 0.3 is 6.61 Å². The van der Waals surface area contributed by atoms with E-state index in [-0.39, 0.29) is 17.4 Å². The van der Waals surface area contributed by atoms with E-state index >= 15 is 0 Å². The maximum Gasteiger partial charge on any atom is 0.387 e. The van der Waals surface area contributed by atoms with Gasteiger partial charge in [0.2, 0.25) is 5.91 Å². The Morgan fingerprint density at radius 2 is 1.62 bits per heavy atom. The molecule has 3 rings (SSSR count). The molecule has 0 radical (unpaired) electrons. The average molecular weight is 498 g/mol. The van der Waals surface area contributed by atoms with Gasteiger partial charge in [0.15, 0.2) is 8.68 Å². The molecule has 1 aromatic heterocycles. The first-order valence-corrected chi connectivity index (χ1v) is 12.3. The van der Waals surface area contributed by atoms with Gasteiger partial charge in [0.1, 0.15) is 11.5 Å². The number of nitrogens with zero attached hydrogens (tertiary/aromatic N) is 2. The normalized spacial score (nSPS) is 10.9. The van der Waals surface area contributed by atoms with Crippen molar-refractivity contribution in [3.05, 3.63) is 59.7 Å². The molecule has 32 heavy (non-hydrogen) atoms. The van der Waals surface area contributed by atoms with Crippen LogP contribution in [0.1, 0.15) is 11.1 Å². The Balaban J connectivity index is 1.33. The first-order valence-electron chi connectivity index (χ1n) is 9.54. The number of methoxy groups -OCH3 is 1. The molecule has 0 aliphatic rings. The number of hydrogen-bond acceptors (Lipinski definition) is 8. The van der Waals surface area contributed by atoms with E-state index < -0.39 is 6.61 Å². The predicted molar refractivity (Wildman–Crippen MR) is 123 cm³/mol. The highest BCUT2D eigenvalue weighted by Crippen LogP contribution is 2.31. The Morgan fingerprint density at radius 3 is 2.28 bits per heavy atom. The van der Waals surface area contributed by atoms with Crippen LogP contribution in [0.2, 0.25) is 0 Å². The molecule has 0 saturated heterocycles. The Hall–Kier alpha value is -2.37. The largest absolute Gasteiger partial charge is 0.497 e. The summed E-state index contributed by atoms with van der Waals surface area (Å²) < 4.78 is 35.4. The fourth-order valence-electron chi connectivity index (χ4n) is 2.54. The number of halogens is 2. The summed E-state index contributed by atoms with van der Waals surface area (Å²) in [5.74, 6) is 1.86. The molecule has 0 unspecified atom stereocenters. The summed E-state index contributed by atoms with van der Waals surface area (Å²) in [4.78, 5) is 12.1. The minimum atomic E-state index is -2.84. The van der Waals surface area contributed by atoms with Gasteiger partial charge in [0.05, 0.1) is 12.9 Å². The molecule has 0 spiro atoms. The zero-order valence-electron chi connectivity index (χ0n) is 17.1. The van der Waals surface area contributed by atoms with Crippen molar-refractivity contribution in [2.75, 3.05) is 19.4 Å². The summed E-state index contributed by atoms with van der Waals surface area (Å²) in [6.07, 6.45) is 0.594. The Bertz CT molecular complexity index is 986. The molecule has 0 fully saturated rings. The van der Waals surface area contributed by atoms with Gasteiger partial charge in [0, 0.05) is 12.3 Å². The van der Waals surface area contributed by atoms with E-state index in [1.54, 1.807) is 31.0 Å². The van der Waals surface area contributed by atoms with Crippen molar-refractivity contribution < 1.29 is 23.0 Å². The SMILES string of the molecule is COc1ccc(CSc2nnc(SCC(=O)NCCc3ccc(OC(F)F)cc3)s2)cc1. The lowest BCUT2D eigenvalue weighted by Gasteiger charge is -2.07. The van der Waals surface area contributed by atoms with Crippen LogP contribution in [0.25, 0.3) is 0 Å². The van der Waals surface area contributed by atoms with E-state index in [1.165, 1.54) is 35.2 Å². The van der Waals surface area contributed by atoms with Crippen molar-refractivity contribution in [2.24, 2.45) is 0 Å². The number of hydrogen-bond donors (Lipinski definition) is 1. The monoisotopic (exact) mass is 497 g/mol. The van der Waals surface area contributed by atoms with E-state index in [0.29, 0.717) is 13.0 Å². The van der Waals surface area contributed by atoms with Gasteiger partial charge in [-0.25, -0.2) is 0 Å². The molecule has 0 atom stereocenters. The van der Waals surface area contributed by atoms with Gasteiger partial charge in [-0.3, -0.25) is 4.79 Å². The lowest BCUT2D eigenvalue weighted by molar-refractivity contribution is -0.118. The second-order valence-corrected chi connectivity index (χ2v) is 9.80. The van der Waals surface area contributed by atoms with Gasteiger partial charge < -0.3 is 14.8 Å². The summed E-state index contributed by atoms with van der Waals surface area (Å²) in [7, 11) is 1.64. The van der Waals surface area contributed by atoms with Crippen LogP contribution in [-0.4, -0.2) is 42.1 Å². The zero-order valence-corrected chi connectivity index (χ0v) is 19.6. The summed E-state index contributed by atoms with van der Waals surface area (Å²) in [6, 6.07) is 14.2. The number of aromatic nitrogens is 2. The summed E-state index contributed by atoms with van der Waals surface area (Å²) >= 11 is 4.40. The third-order valence-electron chi connectivity index (χ3n) is 4.12. The summed E-state index contributed by atoms with van der Waals surface area (Å²) in [5.41, 5.74) is 2.08. The highest BCUT2D eigenvalue weighted by molar-refractivity contribution is 8.03. The topological polar surface area (TPSA) is 73.3 Å². The maximum atomic E-state index is 12.2. The van der Waals surface area contributed by atoms with Crippen LogP contribution >= 0.6 is 34.9 Å². The van der Waals surface area contributed by atoms with Crippen LogP contribution in [0.4, 0.5) is 8.78 Å². The molecule has 0 aliphatic carbocycles. The number of alkyl halides is 2. The van der Waals surface area contributed by atoms with Crippen LogP contribution in [-0.2, 0) is 17.0 Å². The number of nitrogens with one attached hydrogen (secondary N) is 1. The molecule has 0 aliphatic heterocycles. The molecule has 6 nitrogen and oxygen atoms in total. The van der Waals surface area contributed by atoms with E-state index in [9.17, 15) is 13.6 Å². The molecule has 1 amide bonds. The fraction of sp³-hybridized carbons (Fsp3) is 0.286. The number of thioether (sulfide) groups is 2. The predicted octanol–water partition coefficient (Wildman–Crippen LogP) is 4.89. The smallest absolute Gasteiger partial charge is 0.387 e. The Labute approximate surface area is 197 Å². The molecule has 1 heterocycles. The Kier molecular flexibility index (Phi) is 9.57. The van der Waals surface area contributed by atoms with Crippen LogP contribution in [0.5, 0.6) is 11.5 Å². The lowest BCUT2D eigenvalue weighted by Crippen LogP contribution is -2.27. The second kappa shape index (κ2) is 12.6. The van der Waals surface area contributed by atoms with Crippen molar-refractivity contribution in [3.63, 3.8) is 0 Å². The van der Waals surface area contributed by atoms with E-state index in [4.69, 9.17) is 4.74 Å². The van der Waals surface area contributed by atoms with Crippen LogP contribution in [0.15, 0.2) is 57.2 Å². The number of amides is 1. The first-order chi connectivity index (χ1) is 15.5. The minimum absolute atomic E-state index is 0.102. The number of carbonyl (C=O) groups is 1. The number of benzene rings is 2. The molecule has 11 heteroatoms. The summed E-state index contributed by atoms with van der Waals surface area (Å²) in [6.45, 7) is -2.39. The molecule has 1 N–H and O–H groups in total.